The molecule has 1 aromatic rings. The highest BCUT2D eigenvalue weighted by atomic mass is 16.4. The van der Waals surface area contributed by atoms with Gasteiger partial charge in [-0.2, -0.15) is 0 Å². The number of carboxylic acids is 1. The van der Waals surface area contributed by atoms with Crippen molar-refractivity contribution in [2.75, 3.05) is 0 Å². The quantitative estimate of drug-likeness (QED) is 0.860. The van der Waals surface area contributed by atoms with Crippen molar-refractivity contribution in [3.05, 3.63) is 35.4 Å². The first-order chi connectivity index (χ1) is 8.61. The van der Waals surface area contributed by atoms with Crippen LogP contribution in [-0.2, 0) is 4.79 Å². The Labute approximate surface area is 108 Å². The van der Waals surface area contributed by atoms with Crippen LogP contribution >= 0.6 is 0 Å². The molecule has 0 heterocycles. The second-order valence-corrected chi connectivity index (χ2v) is 6.14. The predicted molar refractivity (Wildman–Crippen MR) is 70.6 cm³/mol. The fourth-order valence-corrected chi connectivity index (χ4v) is 3.61. The van der Waals surface area contributed by atoms with Crippen LogP contribution < -0.4 is 0 Å². The van der Waals surface area contributed by atoms with Crippen molar-refractivity contribution in [2.45, 2.75) is 44.9 Å². The Bertz CT molecular complexity index is 452. The largest absolute Gasteiger partial charge is 0.481 e. The smallest absolute Gasteiger partial charge is 0.307 e. The van der Waals surface area contributed by atoms with Gasteiger partial charge in [0.15, 0.2) is 0 Å². The van der Waals surface area contributed by atoms with Gasteiger partial charge < -0.3 is 5.11 Å². The number of benzene rings is 1. The van der Waals surface area contributed by atoms with E-state index < -0.39 is 5.97 Å². The van der Waals surface area contributed by atoms with Crippen molar-refractivity contribution < 1.29 is 9.90 Å². The van der Waals surface area contributed by atoms with Gasteiger partial charge in [0.1, 0.15) is 0 Å². The molecule has 2 nitrogen and oxygen atoms in total. The van der Waals surface area contributed by atoms with Gasteiger partial charge in [-0.1, -0.05) is 29.8 Å². The van der Waals surface area contributed by atoms with Crippen LogP contribution in [0.2, 0.25) is 0 Å². The van der Waals surface area contributed by atoms with Crippen LogP contribution in [0, 0.1) is 18.3 Å². The lowest BCUT2D eigenvalue weighted by Crippen LogP contribution is -2.18. The molecule has 0 saturated heterocycles. The molecule has 0 radical (unpaired) electrons. The number of hydrogen-bond acceptors (Lipinski definition) is 1. The van der Waals surface area contributed by atoms with Crippen LogP contribution in [0.1, 0.15) is 49.1 Å². The highest BCUT2D eigenvalue weighted by Crippen LogP contribution is 2.63. The lowest BCUT2D eigenvalue weighted by molar-refractivity contribution is -0.139. The zero-order valence-corrected chi connectivity index (χ0v) is 10.9. The fourth-order valence-electron chi connectivity index (χ4n) is 3.61. The molecule has 2 aliphatic rings. The molecular formula is C16H20O2. The highest BCUT2D eigenvalue weighted by Gasteiger charge is 2.58. The summed E-state index contributed by atoms with van der Waals surface area (Å²) in [6.45, 7) is 2.11. The van der Waals surface area contributed by atoms with E-state index in [0.29, 0.717) is 5.92 Å². The van der Waals surface area contributed by atoms with Gasteiger partial charge >= 0.3 is 5.97 Å². The van der Waals surface area contributed by atoms with E-state index in [9.17, 15) is 4.79 Å². The third-order valence-electron chi connectivity index (χ3n) is 5.02. The minimum Gasteiger partial charge on any atom is -0.481 e. The van der Waals surface area contributed by atoms with Crippen LogP contribution in [-0.4, -0.2) is 11.1 Å². The molecule has 2 heteroatoms. The van der Waals surface area contributed by atoms with E-state index in [1.165, 1.54) is 11.1 Å². The van der Waals surface area contributed by atoms with E-state index >= 15 is 0 Å². The van der Waals surface area contributed by atoms with Crippen LogP contribution in [0.5, 0.6) is 0 Å². The van der Waals surface area contributed by atoms with E-state index in [0.717, 1.165) is 32.1 Å². The molecule has 96 valence electrons. The molecular weight excluding hydrogens is 224 g/mol. The van der Waals surface area contributed by atoms with Crippen molar-refractivity contribution in [2.24, 2.45) is 11.3 Å². The Morgan fingerprint density at radius 1 is 1.22 bits per heavy atom. The SMILES string of the molecule is Cc1ccc(C2CCC3(CC2)CC3C(=O)O)cc1. The maximum Gasteiger partial charge on any atom is 0.307 e. The monoisotopic (exact) mass is 244 g/mol. The molecule has 18 heavy (non-hydrogen) atoms. The second kappa shape index (κ2) is 4.11. The lowest BCUT2D eigenvalue weighted by atomic mass is 9.75. The summed E-state index contributed by atoms with van der Waals surface area (Å²) in [6, 6.07) is 8.83. The van der Waals surface area contributed by atoms with E-state index in [4.69, 9.17) is 5.11 Å². The average Bonchev–Trinajstić information content (AvgIpc) is 3.06. The van der Waals surface area contributed by atoms with E-state index in [2.05, 4.69) is 31.2 Å². The number of hydrogen-bond donors (Lipinski definition) is 1. The van der Waals surface area contributed by atoms with Crippen LogP contribution in [0.4, 0.5) is 0 Å². The van der Waals surface area contributed by atoms with Crippen molar-refractivity contribution in [1.82, 2.24) is 0 Å². The summed E-state index contributed by atoms with van der Waals surface area (Å²) in [5.74, 6) is 0.0199. The third kappa shape index (κ3) is 1.94. The summed E-state index contributed by atoms with van der Waals surface area (Å²) >= 11 is 0. The summed E-state index contributed by atoms with van der Waals surface area (Å²) in [4.78, 5) is 11.0. The molecule has 0 bridgehead atoms. The standard InChI is InChI=1S/C16H20O2/c1-11-2-4-12(5-3-11)13-6-8-16(9-7-13)10-14(16)15(17)18/h2-5,13-14H,6-10H2,1H3,(H,17,18). The van der Waals surface area contributed by atoms with Crippen LogP contribution in [0.3, 0.4) is 0 Å². The molecule has 1 aromatic carbocycles. The number of carbonyl (C=O) groups is 1. The Morgan fingerprint density at radius 3 is 2.33 bits per heavy atom. The Kier molecular flexibility index (Phi) is 2.69. The fraction of sp³-hybridized carbons (Fsp3) is 0.562. The first kappa shape index (κ1) is 11.8. The average molecular weight is 244 g/mol. The number of aryl methyl sites for hydroxylation is 1. The van der Waals surface area contributed by atoms with Gasteiger partial charge in [-0.3, -0.25) is 4.79 Å². The number of aliphatic carboxylic acids is 1. The maximum absolute atomic E-state index is 11.0. The summed E-state index contributed by atoms with van der Waals surface area (Å²) in [6.07, 6.45) is 5.44. The van der Waals surface area contributed by atoms with Crippen molar-refractivity contribution >= 4 is 5.97 Å². The van der Waals surface area contributed by atoms with Gasteiger partial charge in [0.2, 0.25) is 0 Å². The zero-order chi connectivity index (χ0) is 12.8. The number of carboxylic acid groups (broad SMARTS) is 1. The first-order valence-corrected chi connectivity index (χ1v) is 6.90. The first-order valence-electron chi connectivity index (χ1n) is 6.90. The lowest BCUT2D eigenvalue weighted by Gasteiger charge is -2.29. The zero-order valence-electron chi connectivity index (χ0n) is 10.9. The van der Waals surface area contributed by atoms with E-state index in [1.54, 1.807) is 0 Å². The second-order valence-electron chi connectivity index (χ2n) is 6.14. The summed E-state index contributed by atoms with van der Waals surface area (Å²) in [7, 11) is 0. The molecule has 3 rings (SSSR count). The maximum atomic E-state index is 11.0. The third-order valence-corrected chi connectivity index (χ3v) is 5.02. The normalized spacial score (nSPS) is 34.5. The predicted octanol–water partition coefficient (Wildman–Crippen LogP) is 3.74. The minimum absolute atomic E-state index is 0.0449. The van der Waals surface area contributed by atoms with Crippen LogP contribution in [0.15, 0.2) is 24.3 Å². The Hall–Kier alpha value is -1.31. The van der Waals surface area contributed by atoms with Gasteiger partial charge in [-0.05, 0) is 55.9 Å². The van der Waals surface area contributed by atoms with Gasteiger partial charge in [0.05, 0.1) is 5.92 Å². The molecule has 2 saturated carbocycles. The Balaban J connectivity index is 1.64. The summed E-state index contributed by atoms with van der Waals surface area (Å²) in [5.41, 5.74) is 2.91. The molecule has 1 spiro atoms. The van der Waals surface area contributed by atoms with E-state index in [-0.39, 0.29) is 11.3 Å². The molecule has 0 aliphatic heterocycles. The van der Waals surface area contributed by atoms with E-state index in [1.807, 2.05) is 0 Å². The molecule has 2 fully saturated rings. The number of rotatable bonds is 2. The van der Waals surface area contributed by atoms with Crippen molar-refractivity contribution in [3.63, 3.8) is 0 Å². The van der Waals surface area contributed by atoms with Crippen LogP contribution in [0.25, 0.3) is 0 Å². The van der Waals surface area contributed by atoms with Gasteiger partial charge in [-0.15, -0.1) is 0 Å². The molecule has 1 N–H and O–H groups in total. The Morgan fingerprint density at radius 2 is 1.83 bits per heavy atom. The van der Waals surface area contributed by atoms with Crippen molar-refractivity contribution in [3.8, 4) is 0 Å². The topological polar surface area (TPSA) is 37.3 Å². The molecule has 1 unspecified atom stereocenters. The minimum atomic E-state index is -0.580. The molecule has 1 atom stereocenters. The molecule has 2 aliphatic carbocycles. The van der Waals surface area contributed by atoms with Crippen molar-refractivity contribution in [1.29, 1.82) is 0 Å². The van der Waals surface area contributed by atoms with Gasteiger partial charge in [-0.25, -0.2) is 0 Å². The highest BCUT2D eigenvalue weighted by molar-refractivity contribution is 5.74. The van der Waals surface area contributed by atoms with Gasteiger partial charge in [0.25, 0.3) is 0 Å². The summed E-state index contributed by atoms with van der Waals surface area (Å²) < 4.78 is 0. The van der Waals surface area contributed by atoms with Gasteiger partial charge in [0, 0.05) is 0 Å². The molecule has 0 aromatic heterocycles. The molecule has 0 amide bonds. The summed E-state index contributed by atoms with van der Waals surface area (Å²) in [5, 5.41) is 9.08.